The second-order valence-electron chi connectivity index (χ2n) is 5.20. The third-order valence-corrected chi connectivity index (χ3v) is 3.77. The predicted molar refractivity (Wildman–Crippen MR) is 92.7 cm³/mol. The topological polar surface area (TPSA) is 30.5 Å². The van der Waals surface area contributed by atoms with Crippen molar-refractivity contribution in [1.29, 1.82) is 0 Å². The zero-order valence-electron chi connectivity index (χ0n) is 13.8. The highest BCUT2D eigenvalue weighted by molar-refractivity contribution is 7.99. The third kappa shape index (κ3) is 7.63. The van der Waals surface area contributed by atoms with Crippen molar-refractivity contribution in [3.8, 4) is 11.5 Å². The monoisotopic (exact) mass is 311 g/mol. The Morgan fingerprint density at radius 3 is 2.62 bits per heavy atom. The third-order valence-electron chi connectivity index (χ3n) is 2.90. The summed E-state index contributed by atoms with van der Waals surface area (Å²) in [6.07, 6.45) is 1.01. The van der Waals surface area contributed by atoms with E-state index < -0.39 is 0 Å². The van der Waals surface area contributed by atoms with Gasteiger partial charge in [0.05, 0.1) is 13.2 Å². The molecule has 0 heterocycles. The first-order valence-electron chi connectivity index (χ1n) is 7.87. The highest BCUT2D eigenvalue weighted by Crippen LogP contribution is 2.25. The Kier molecular flexibility index (Phi) is 9.35. The number of ether oxygens (including phenoxy) is 2. The van der Waals surface area contributed by atoms with Crippen LogP contribution in [0.25, 0.3) is 0 Å². The predicted octanol–water partition coefficient (Wildman–Crippen LogP) is 4.11. The second kappa shape index (κ2) is 10.8. The molecule has 0 radical (unpaired) electrons. The molecule has 0 aromatic heterocycles. The Hall–Kier alpha value is -0.870. The Balaban J connectivity index is 2.69. The van der Waals surface area contributed by atoms with E-state index in [0.29, 0.717) is 6.04 Å². The summed E-state index contributed by atoms with van der Waals surface area (Å²) in [5.41, 5.74) is 1.19. The highest BCUT2D eigenvalue weighted by Gasteiger charge is 2.07. The molecule has 4 heteroatoms. The van der Waals surface area contributed by atoms with Crippen LogP contribution in [-0.2, 0) is 6.54 Å². The van der Waals surface area contributed by atoms with Crippen molar-refractivity contribution in [2.45, 2.75) is 46.7 Å². The van der Waals surface area contributed by atoms with Gasteiger partial charge in [-0.2, -0.15) is 11.8 Å². The molecule has 0 amide bonds. The summed E-state index contributed by atoms with van der Waals surface area (Å²) in [5, 5.41) is 3.44. The fourth-order valence-corrected chi connectivity index (χ4v) is 2.28. The molecule has 0 saturated carbocycles. The molecule has 3 nitrogen and oxygen atoms in total. The zero-order valence-corrected chi connectivity index (χ0v) is 14.6. The Labute approximate surface area is 133 Å². The van der Waals surface area contributed by atoms with E-state index in [-0.39, 0.29) is 0 Å². The number of nitrogens with one attached hydrogen (secondary N) is 1. The molecule has 0 aliphatic carbocycles. The van der Waals surface area contributed by atoms with Crippen LogP contribution >= 0.6 is 11.8 Å². The van der Waals surface area contributed by atoms with Gasteiger partial charge in [0.2, 0.25) is 0 Å². The smallest absolute Gasteiger partial charge is 0.127 e. The van der Waals surface area contributed by atoms with Gasteiger partial charge < -0.3 is 14.8 Å². The van der Waals surface area contributed by atoms with Gasteiger partial charge in [-0.05, 0) is 18.2 Å². The number of thioether (sulfide) groups is 1. The normalized spacial score (nSPS) is 10.9. The molecule has 1 rings (SSSR count). The molecular weight excluding hydrogens is 282 g/mol. The first-order valence-corrected chi connectivity index (χ1v) is 9.02. The van der Waals surface area contributed by atoms with E-state index in [1.54, 1.807) is 0 Å². The molecule has 0 bridgehead atoms. The first-order chi connectivity index (χ1) is 10.2. The van der Waals surface area contributed by atoms with Gasteiger partial charge in [0.15, 0.2) is 0 Å². The van der Waals surface area contributed by atoms with Crippen LogP contribution < -0.4 is 14.8 Å². The largest absolute Gasteiger partial charge is 0.493 e. The van der Waals surface area contributed by atoms with Crippen LogP contribution in [-0.4, -0.2) is 30.8 Å². The zero-order chi connectivity index (χ0) is 15.5. The minimum atomic E-state index is 0.463. The molecule has 1 aromatic rings. The molecule has 1 N–H and O–H groups in total. The number of hydrogen-bond acceptors (Lipinski definition) is 4. The number of benzene rings is 1. The molecule has 120 valence electrons. The summed E-state index contributed by atoms with van der Waals surface area (Å²) in [7, 11) is 0. The van der Waals surface area contributed by atoms with Crippen molar-refractivity contribution in [3.05, 3.63) is 23.8 Å². The SMILES string of the molecule is CCCOc1ccc(CNC(C)C)c(OCCSCC)c1. The lowest BCUT2D eigenvalue weighted by Crippen LogP contribution is -2.22. The molecule has 0 fully saturated rings. The van der Waals surface area contributed by atoms with E-state index in [1.165, 1.54) is 5.56 Å². The Bertz CT molecular complexity index is 396. The summed E-state index contributed by atoms with van der Waals surface area (Å²) in [6, 6.07) is 6.61. The van der Waals surface area contributed by atoms with Gasteiger partial charge in [0, 0.05) is 30.0 Å². The summed E-state index contributed by atoms with van der Waals surface area (Å²) in [6.45, 7) is 10.9. The van der Waals surface area contributed by atoms with Gasteiger partial charge in [-0.15, -0.1) is 0 Å². The lowest BCUT2D eigenvalue weighted by atomic mass is 10.2. The Morgan fingerprint density at radius 2 is 1.95 bits per heavy atom. The maximum Gasteiger partial charge on any atom is 0.127 e. The molecule has 0 aliphatic rings. The van der Waals surface area contributed by atoms with E-state index in [4.69, 9.17) is 9.47 Å². The van der Waals surface area contributed by atoms with Crippen LogP contribution in [0.5, 0.6) is 11.5 Å². The first kappa shape index (κ1) is 18.2. The van der Waals surface area contributed by atoms with Gasteiger partial charge >= 0.3 is 0 Å². The van der Waals surface area contributed by atoms with Gasteiger partial charge in [-0.25, -0.2) is 0 Å². The van der Waals surface area contributed by atoms with E-state index in [2.05, 4.69) is 39.1 Å². The molecule has 1 aromatic carbocycles. The summed E-state index contributed by atoms with van der Waals surface area (Å²) in [5.74, 6) is 3.98. The van der Waals surface area contributed by atoms with Gasteiger partial charge in [0.25, 0.3) is 0 Å². The van der Waals surface area contributed by atoms with E-state index in [0.717, 1.165) is 49.2 Å². The Morgan fingerprint density at radius 1 is 1.14 bits per heavy atom. The van der Waals surface area contributed by atoms with E-state index in [1.807, 2.05) is 23.9 Å². The summed E-state index contributed by atoms with van der Waals surface area (Å²) in [4.78, 5) is 0. The molecule has 0 saturated heterocycles. The molecule has 0 atom stereocenters. The van der Waals surface area contributed by atoms with Crippen LogP contribution in [0, 0.1) is 0 Å². The fourth-order valence-electron chi connectivity index (χ4n) is 1.79. The summed E-state index contributed by atoms with van der Waals surface area (Å²) >= 11 is 1.90. The van der Waals surface area contributed by atoms with Crippen molar-refractivity contribution >= 4 is 11.8 Å². The van der Waals surface area contributed by atoms with Gasteiger partial charge in [-0.3, -0.25) is 0 Å². The lowest BCUT2D eigenvalue weighted by molar-refractivity contribution is 0.308. The van der Waals surface area contributed by atoms with Crippen LogP contribution in [0.2, 0.25) is 0 Å². The van der Waals surface area contributed by atoms with E-state index >= 15 is 0 Å². The highest BCUT2D eigenvalue weighted by atomic mass is 32.2. The standard InChI is InChI=1S/C17H29NO2S/c1-5-9-19-16-8-7-15(13-18-14(3)4)17(12-16)20-10-11-21-6-2/h7-8,12,14,18H,5-6,9-11,13H2,1-4H3. The van der Waals surface area contributed by atoms with Gasteiger partial charge in [-0.1, -0.05) is 33.8 Å². The van der Waals surface area contributed by atoms with E-state index in [9.17, 15) is 0 Å². The average molecular weight is 311 g/mol. The number of rotatable bonds is 11. The van der Waals surface area contributed by atoms with Crippen LogP contribution in [0.1, 0.15) is 39.7 Å². The molecule has 0 spiro atoms. The van der Waals surface area contributed by atoms with Crippen molar-refractivity contribution in [1.82, 2.24) is 5.32 Å². The molecule has 21 heavy (non-hydrogen) atoms. The van der Waals surface area contributed by atoms with Crippen molar-refractivity contribution < 1.29 is 9.47 Å². The minimum Gasteiger partial charge on any atom is -0.493 e. The molecular formula is C17H29NO2S. The number of hydrogen-bond donors (Lipinski definition) is 1. The van der Waals surface area contributed by atoms with Crippen molar-refractivity contribution in [2.24, 2.45) is 0 Å². The maximum absolute atomic E-state index is 5.95. The minimum absolute atomic E-state index is 0.463. The fraction of sp³-hybridized carbons (Fsp3) is 0.647. The van der Waals surface area contributed by atoms with Crippen molar-refractivity contribution in [3.63, 3.8) is 0 Å². The maximum atomic E-state index is 5.95. The quantitative estimate of drug-likeness (QED) is 0.623. The van der Waals surface area contributed by atoms with Crippen LogP contribution in [0.15, 0.2) is 18.2 Å². The van der Waals surface area contributed by atoms with Crippen molar-refractivity contribution in [2.75, 3.05) is 24.7 Å². The summed E-state index contributed by atoms with van der Waals surface area (Å²) < 4.78 is 11.6. The van der Waals surface area contributed by atoms with Crippen LogP contribution in [0.4, 0.5) is 0 Å². The van der Waals surface area contributed by atoms with Gasteiger partial charge in [0.1, 0.15) is 11.5 Å². The molecule has 0 aliphatic heterocycles. The van der Waals surface area contributed by atoms with Crippen LogP contribution in [0.3, 0.4) is 0 Å². The molecule has 0 unspecified atom stereocenters. The average Bonchev–Trinajstić information content (AvgIpc) is 2.48. The second-order valence-corrected chi connectivity index (χ2v) is 6.59. The lowest BCUT2D eigenvalue weighted by Gasteiger charge is -2.15.